The van der Waals surface area contributed by atoms with E-state index < -0.39 is 28.5 Å². The van der Waals surface area contributed by atoms with E-state index in [1.807, 2.05) is 63.2 Å². The van der Waals surface area contributed by atoms with Crippen molar-refractivity contribution in [1.82, 2.24) is 10.2 Å². The summed E-state index contributed by atoms with van der Waals surface area (Å²) in [7, 11) is -3.82. The number of benzene rings is 3. The fourth-order valence-electron chi connectivity index (χ4n) is 4.43. The third-order valence-corrected chi connectivity index (χ3v) is 8.06. The van der Waals surface area contributed by atoms with Crippen LogP contribution in [0.2, 0.25) is 5.02 Å². The zero-order valence-corrected chi connectivity index (χ0v) is 25.1. The van der Waals surface area contributed by atoms with Crippen LogP contribution >= 0.6 is 11.6 Å². The number of halogens is 1. The van der Waals surface area contributed by atoms with Crippen molar-refractivity contribution in [2.75, 3.05) is 23.7 Å². The molecule has 0 bridgehead atoms. The van der Waals surface area contributed by atoms with Gasteiger partial charge in [-0.25, -0.2) is 8.42 Å². The number of carbonyl (C=O) groups excluding carboxylic acids is 2. The van der Waals surface area contributed by atoms with Crippen LogP contribution in [0.5, 0.6) is 0 Å². The second kappa shape index (κ2) is 14.3. The van der Waals surface area contributed by atoms with Gasteiger partial charge in [0.2, 0.25) is 21.8 Å². The van der Waals surface area contributed by atoms with Crippen LogP contribution < -0.4 is 9.62 Å². The predicted octanol–water partition coefficient (Wildman–Crippen LogP) is 5.28. The lowest BCUT2D eigenvalue weighted by molar-refractivity contribution is -0.140. The van der Waals surface area contributed by atoms with E-state index in [1.165, 1.54) is 4.90 Å². The van der Waals surface area contributed by atoms with Crippen molar-refractivity contribution in [3.8, 4) is 0 Å². The van der Waals surface area contributed by atoms with E-state index in [2.05, 4.69) is 5.32 Å². The summed E-state index contributed by atoms with van der Waals surface area (Å²) in [4.78, 5) is 29.2. The van der Waals surface area contributed by atoms with Crippen LogP contribution in [0, 0.1) is 13.8 Å². The molecule has 0 radical (unpaired) electrons. The topological polar surface area (TPSA) is 86.8 Å². The fourth-order valence-corrected chi connectivity index (χ4v) is 5.45. The first kappa shape index (κ1) is 31.2. The van der Waals surface area contributed by atoms with Crippen LogP contribution in [0.4, 0.5) is 5.69 Å². The number of sulfonamides is 1. The van der Waals surface area contributed by atoms with E-state index in [4.69, 9.17) is 11.6 Å². The van der Waals surface area contributed by atoms with Gasteiger partial charge in [0.25, 0.3) is 0 Å². The number of hydrogen-bond acceptors (Lipinski definition) is 4. The summed E-state index contributed by atoms with van der Waals surface area (Å²) in [5.41, 5.74) is 3.70. The second-order valence-corrected chi connectivity index (χ2v) is 12.4. The number of unbranched alkanes of at least 4 members (excludes halogenated alkanes) is 1. The highest BCUT2D eigenvalue weighted by Gasteiger charge is 2.33. The third-order valence-electron chi connectivity index (χ3n) is 6.68. The van der Waals surface area contributed by atoms with Crippen molar-refractivity contribution in [3.05, 3.63) is 100 Å². The summed E-state index contributed by atoms with van der Waals surface area (Å²) < 4.78 is 27.1. The van der Waals surface area contributed by atoms with Gasteiger partial charge in [0.15, 0.2) is 0 Å². The lowest BCUT2D eigenvalue weighted by Gasteiger charge is -2.34. The van der Waals surface area contributed by atoms with Gasteiger partial charge in [-0.1, -0.05) is 79.5 Å². The van der Waals surface area contributed by atoms with Crippen LogP contribution in [-0.2, 0) is 32.6 Å². The number of rotatable bonds is 13. The molecule has 3 rings (SSSR count). The van der Waals surface area contributed by atoms with Gasteiger partial charge in [-0.2, -0.15) is 0 Å². The monoisotopic (exact) mass is 583 g/mol. The molecule has 40 heavy (non-hydrogen) atoms. The maximum Gasteiger partial charge on any atom is 0.244 e. The van der Waals surface area contributed by atoms with Crippen molar-refractivity contribution in [2.45, 2.75) is 52.6 Å². The van der Waals surface area contributed by atoms with E-state index in [-0.39, 0.29) is 18.9 Å². The molecule has 0 aliphatic rings. The lowest BCUT2D eigenvalue weighted by Crippen LogP contribution is -2.53. The molecule has 0 saturated heterocycles. The largest absolute Gasteiger partial charge is 0.354 e. The van der Waals surface area contributed by atoms with Crippen molar-refractivity contribution >= 4 is 39.1 Å². The van der Waals surface area contributed by atoms with E-state index in [0.717, 1.165) is 45.7 Å². The van der Waals surface area contributed by atoms with Crippen LogP contribution in [0.15, 0.2) is 72.8 Å². The van der Waals surface area contributed by atoms with Crippen molar-refractivity contribution in [2.24, 2.45) is 0 Å². The second-order valence-electron chi connectivity index (χ2n) is 10.1. The Balaban J connectivity index is 2.05. The molecule has 1 N–H and O–H groups in total. The molecule has 3 aromatic carbocycles. The number of carbonyl (C=O) groups is 2. The summed E-state index contributed by atoms with van der Waals surface area (Å²) in [6, 6.07) is 21.2. The average molecular weight is 584 g/mol. The first-order valence-electron chi connectivity index (χ1n) is 13.4. The van der Waals surface area contributed by atoms with Crippen molar-refractivity contribution in [1.29, 1.82) is 0 Å². The van der Waals surface area contributed by atoms with Crippen LogP contribution in [0.25, 0.3) is 0 Å². The van der Waals surface area contributed by atoms with Gasteiger partial charge in [0.1, 0.15) is 12.6 Å². The molecule has 0 aliphatic heterocycles. The smallest absolute Gasteiger partial charge is 0.244 e. The number of aryl methyl sites for hydroxylation is 2. The SMILES string of the molecule is CCCCNC(=O)[C@H](Cc1ccccc1)N(Cc1ccc(Cl)cc1)C(=O)CN(c1cc(C)ccc1C)S(C)(=O)=O. The number of amides is 2. The Morgan fingerprint density at radius 3 is 2.25 bits per heavy atom. The maximum atomic E-state index is 14.1. The third kappa shape index (κ3) is 8.83. The number of hydrogen-bond donors (Lipinski definition) is 1. The Bertz CT molecular complexity index is 1400. The van der Waals surface area contributed by atoms with E-state index in [1.54, 1.807) is 30.3 Å². The number of anilines is 1. The summed E-state index contributed by atoms with van der Waals surface area (Å²) in [5, 5.41) is 3.53. The van der Waals surface area contributed by atoms with Gasteiger partial charge in [-0.15, -0.1) is 0 Å². The number of nitrogens with one attached hydrogen (secondary N) is 1. The molecule has 0 heterocycles. The minimum absolute atomic E-state index is 0.110. The molecule has 0 fully saturated rings. The quantitative estimate of drug-likeness (QED) is 0.277. The standard InChI is InChI=1S/C31H38ClN3O4S/c1-5-6-18-33-31(37)29(20-25-10-8-7-9-11-25)34(21-26-14-16-27(32)17-15-26)30(36)22-35(40(4,38)39)28-19-23(2)12-13-24(28)3/h7-17,19,29H,5-6,18,20-22H2,1-4H3,(H,33,37)/t29-/m0/s1. The molecule has 0 spiro atoms. The Kier molecular flexibility index (Phi) is 11.2. The molecule has 0 saturated carbocycles. The van der Waals surface area contributed by atoms with E-state index in [9.17, 15) is 18.0 Å². The summed E-state index contributed by atoms with van der Waals surface area (Å²) in [6.07, 6.45) is 3.09. The molecule has 9 heteroatoms. The first-order chi connectivity index (χ1) is 19.0. The van der Waals surface area contributed by atoms with E-state index in [0.29, 0.717) is 17.3 Å². The zero-order valence-electron chi connectivity index (χ0n) is 23.6. The van der Waals surface area contributed by atoms with Crippen molar-refractivity contribution in [3.63, 3.8) is 0 Å². The fraction of sp³-hybridized carbons (Fsp3) is 0.355. The molecule has 0 unspecified atom stereocenters. The van der Waals surface area contributed by atoms with Gasteiger partial charge in [-0.05, 0) is 60.7 Å². The Morgan fingerprint density at radius 2 is 1.62 bits per heavy atom. The normalized spacial score (nSPS) is 12.0. The highest BCUT2D eigenvalue weighted by Crippen LogP contribution is 2.25. The molecule has 7 nitrogen and oxygen atoms in total. The molecule has 214 valence electrons. The van der Waals surface area contributed by atoms with Crippen LogP contribution in [0.1, 0.15) is 42.0 Å². The minimum atomic E-state index is -3.82. The molecule has 0 aromatic heterocycles. The molecular formula is C31H38ClN3O4S. The minimum Gasteiger partial charge on any atom is -0.354 e. The summed E-state index contributed by atoms with van der Waals surface area (Å²) >= 11 is 6.10. The molecule has 2 amide bonds. The Labute approximate surface area is 243 Å². The summed E-state index contributed by atoms with van der Waals surface area (Å²) in [5.74, 6) is -0.759. The highest BCUT2D eigenvalue weighted by atomic mass is 35.5. The van der Waals surface area contributed by atoms with Gasteiger partial charge in [0, 0.05) is 24.5 Å². The Morgan fingerprint density at radius 1 is 0.950 bits per heavy atom. The lowest BCUT2D eigenvalue weighted by atomic mass is 10.0. The zero-order chi connectivity index (χ0) is 29.3. The molecule has 0 aliphatic carbocycles. The van der Waals surface area contributed by atoms with Gasteiger partial charge >= 0.3 is 0 Å². The predicted molar refractivity (Wildman–Crippen MR) is 162 cm³/mol. The summed E-state index contributed by atoms with van der Waals surface area (Å²) in [6.45, 7) is 5.87. The van der Waals surface area contributed by atoms with Crippen LogP contribution in [-0.4, -0.2) is 50.5 Å². The van der Waals surface area contributed by atoms with Crippen LogP contribution in [0.3, 0.4) is 0 Å². The number of nitrogens with zero attached hydrogens (tertiary/aromatic N) is 2. The van der Waals surface area contributed by atoms with Gasteiger partial charge in [0.05, 0.1) is 11.9 Å². The van der Waals surface area contributed by atoms with E-state index >= 15 is 0 Å². The maximum absolute atomic E-state index is 14.1. The Hall–Kier alpha value is -3.36. The molecule has 1 atom stereocenters. The average Bonchev–Trinajstić information content (AvgIpc) is 2.91. The van der Waals surface area contributed by atoms with Gasteiger partial charge < -0.3 is 10.2 Å². The highest BCUT2D eigenvalue weighted by molar-refractivity contribution is 7.92. The van der Waals surface area contributed by atoms with Crippen molar-refractivity contribution < 1.29 is 18.0 Å². The molecule has 3 aromatic rings. The molecular weight excluding hydrogens is 546 g/mol. The first-order valence-corrected chi connectivity index (χ1v) is 15.6. The van der Waals surface area contributed by atoms with Gasteiger partial charge in [-0.3, -0.25) is 13.9 Å².